The van der Waals surface area contributed by atoms with Gasteiger partial charge < -0.3 is 14.7 Å². The fraction of sp³-hybridized carbons (Fsp3) is 0.158. The van der Waals surface area contributed by atoms with Gasteiger partial charge in [0.25, 0.3) is 11.7 Å². The Hall–Kier alpha value is -3.22. The van der Waals surface area contributed by atoms with Gasteiger partial charge in [-0.2, -0.15) is 0 Å². The lowest BCUT2D eigenvalue weighted by atomic mass is 9.95. The molecule has 1 saturated heterocycles. The van der Waals surface area contributed by atoms with E-state index in [2.05, 4.69) is 0 Å². The molecule has 5 nitrogen and oxygen atoms in total. The highest BCUT2D eigenvalue weighted by Crippen LogP contribution is 2.40. The summed E-state index contributed by atoms with van der Waals surface area (Å²) in [4.78, 5) is 25.8. The zero-order valence-corrected chi connectivity index (χ0v) is 14.0. The van der Waals surface area contributed by atoms with Crippen molar-refractivity contribution >= 4 is 17.4 Å². The first-order valence-electron chi connectivity index (χ1n) is 7.69. The van der Waals surface area contributed by atoms with Crippen LogP contribution in [0.1, 0.15) is 17.2 Å². The van der Waals surface area contributed by atoms with E-state index in [9.17, 15) is 23.5 Å². The van der Waals surface area contributed by atoms with Crippen LogP contribution in [0.15, 0.2) is 48.0 Å². The van der Waals surface area contributed by atoms with E-state index in [0.29, 0.717) is 5.56 Å². The molecule has 7 heteroatoms. The summed E-state index contributed by atoms with van der Waals surface area (Å²) < 4.78 is 32.0. The number of aliphatic hydroxyl groups excluding tert-OH is 1. The molecule has 0 bridgehead atoms. The third-order valence-electron chi connectivity index (χ3n) is 4.28. The summed E-state index contributed by atoms with van der Waals surface area (Å²) in [6.07, 6.45) is 0. The molecule has 0 spiro atoms. The second-order valence-electron chi connectivity index (χ2n) is 5.81. The quantitative estimate of drug-likeness (QED) is 0.520. The van der Waals surface area contributed by atoms with Crippen molar-refractivity contribution in [3.05, 3.63) is 70.8 Å². The van der Waals surface area contributed by atoms with Crippen LogP contribution in [0.3, 0.4) is 0 Å². The van der Waals surface area contributed by atoms with Crippen LogP contribution in [0.5, 0.6) is 5.75 Å². The van der Waals surface area contributed by atoms with Gasteiger partial charge in [-0.1, -0.05) is 12.1 Å². The Kier molecular flexibility index (Phi) is 4.46. The number of Topliss-reactive ketones (excluding diaryl/α,β-unsaturated/α-hetero) is 1. The van der Waals surface area contributed by atoms with Gasteiger partial charge in [0.1, 0.15) is 23.1 Å². The average molecular weight is 359 g/mol. The zero-order valence-electron chi connectivity index (χ0n) is 14.0. The Morgan fingerprint density at radius 2 is 1.69 bits per heavy atom. The van der Waals surface area contributed by atoms with Crippen LogP contribution in [0.2, 0.25) is 0 Å². The lowest BCUT2D eigenvalue weighted by Gasteiger charge is -2.21. The number of ether oxygens (including phenoxy) is 1. The highest BCUT2D eigenvalue weighted by molar-refractivity contribution is 6.46. The number of benzene rings is 2. The van der Waals surface area contributed by atoms with Crippen molar-refractivity contribution in [2.45, 2.75) is 6.04 Å². The van der Waals surface area contributed by atoms with Crippen LogP contribution in [-0.4, -0.2) is 35.9 Å². The smallest absolute Gasteiger partial charge is 0.295 e. The normalized spacial score (nSPS) is 19.1. The second kappa shape index (κ2) is 6.59. The van der Waals surface area contributed by atoms with Crippen LogP contribution >= 0.6 is 0 Å². The van der Waals surface area contributed by atoms with E-state index in [4.69, 9.17) is 4.74 Å². The number of amides is 1. The second-order valence-corrected chi connectivity index (χ2v) is 5.81. The number of methoxy groups -OCH3 is 1. The predicted octanol–water partition coefficient (Wildman–Crippen LogP) is 3.02. The van der Waals surface area contributed by atoms with Crippen molar-refractivity contribution in [3.8, 4) is 5.75 Å². The third kappa shape index (κ3) is 2.81. The molecule has 2 aromatic rings. The number of nitrogens with zero attached hydrogens (tertiary/aromatic N) is 1. The molecule has 0 radical (unpaired) electrons. The minimum absolute atomic E-state index is 0.0499. The van der Waals surface area contributed by atoms with E-state index >= 15 is 0 Å². The highest BCUT2D eigenvalue weighted by Gasteiger charge is 2.44. The molecule has 1 heterocycles. The molecular weight excluding hydrogens is 344 g/mol. The van der Waals surface area contributed by atoms with Crippen LogP contribution < -0.4 is 4.74 Å². The van der Waals surface area contributed by atoms with E-state index in [1.165, 1.54) is 44.5 Å². The maximum atomic E-state index is 13.7. The lowest BCUT2D eigenvalue weighted by molar-refractivity contribution is -0.139. The van der Waals surface area contributed by atoms with Crippen LogP contribution in [-0.2, 0) is 9.59 Å². The Bertz CT molecular complexity index is 922. The predicted molar refractivity (Wildman–Crippen MR) is 89.4 cm³/mol. The number of likely N-dealkylation sites (tertiary alicyclic amines) is 1. The summed E-state index contributed by atoms with van der Waals surface area (Å²) in [6, 6.07) is 7.74. The molecule has 1 N–H and O–H groups in total. The number of hydrogen-bond acceptors (Lipinski definition) is 4. The van der Waals surface area contributed by atoms with E-state index < -0.39 is 35.1 Å². The largest absolute Gasteiger partial charge is 0.507 e. The van der Waals surface area contributed by atoms with Gasteiger partial charge in [0.2, 0.25) is 0 Å². The monoisotopic (exact) mass is 359 g/mol. The van der Waals surface area contributed by atoms with Gasteiger partial charge in [-0.15, -0.1) is 0 Å². The number of likely N-dealkylation sites (N-methyl/N-ethyl adjacent to an activating group) is 1. The average Bonchev–Trinajstić information content (AvgIpc) is 2.86. The van der Waals surface area contributed by atoms with Gasteiger partial charge in [-0.3, -0.25) is 9.59 Å². The summed E-state index contributed by atoms with van der Waals surface area (Å²) in [7, 11) is 2.73. The van der Waals surface area contributed by atoms with Crippen LogP contribution in [0.4, 0.5) is 8.78 Å². The highest BCUT2D eigenvalue weighted by atomic mass is 19.1. The van der Waals surface area contributed by atoms with Crippen molar-refractivity contribution < 1.29 is 28.2 Å². The maximum Gasteiger partial charge on any atom is 0.295 e. The Morgan fingerprint density at radius 1 is 1.08 bits per heavy atom. The summed E-state index contributed by atoms with van der Waals surface area (Å²) in [5.74, 6) is -3.27. The number of hydrogen-bond donors (Lipinski definition) is 1. The Balaban J connectivity index is 2.23. The standard InChI is InChI=1S/C19H15F2NO4/c1-22-16(10-3-5-11(20)6-4-10)15(18(24)19(22)25)17(23)13-9-12(21)7-8-14(13)26-2/h3-9,16,23H,1-2H3/b17-15+. The SMILES string of the molecule is COc1ccc(F)cc1/C(O)=C1\C(=O)C(=O)N(C)C1c1ccc(F)cc1. The van der Waals surface area contributed by atoms with Crippen LogP contribution in [0.25, 0.3) is 5.76 Å². The molecule has 3 rings (SSSR count). The lowest BCUT2D eigenvalue weighted by Crippen LogP contribution is -2.24. The first-order chi connectivity index (χ1) is 12.3. The summed E-state index contributed by atoms with van der Waals surface area (Å²) >= 11 is 0. The number of ketones is 1. The molecule has 1 amide bonds. The molecule has 134 valence electrons. The molecule has 0 aliphatic carbocycles. The van der Waals surface area contributed by atoms with E-state index in [1.54, 1.807) is 0 Å². The van der Waals surface area contributed by atoms with Gasteiger partial charge in [-0.05, 0) is 35.9 Å². The van der Waals surface area contributed by atoms with Gasteiger partial charge in [0.05, 0.1) is 24.3 Å². The summed E-state index contributed by atoms with van der Waals surface area (Å²) in [5, 5.41) is 10.7. The molecule has 1 atom stereocenters. The molecule has 2 aromatic carbocycles. The number of carbonyl (C=O) groups is 2. The minimum atomic E-state index is -0.927. The fourth-order valence-corrected chi connectivity index (χ4v) is 2.99. The fourth-order valence-electron chi connectivity index (χ4n) is 2.99. The molecule has 0 saturated carbocycles. The van der Waals surface area contributed by atoms with Gasteiger partial charge in [0, 0.05) is 7.05 Å². The first-order valence-corrected chi connectivity index (χ1v) is 7.69. The number of carbonyl (C=O) groups excluding carboxylic acids is 2. The Morgan fingerprint density at radius 3 is 2.31 bits per heavy atom. The minimum Gasteiger partial charge on any atom is -0.507 e. The summed E-state index contributed by atoms with van der Waals surface area (Å²) in [6.45, 7) is 0. The molecular formula is C19H15F2NO4. The van der Waals surface area contributed by atoms with Crippen molar-refractivity contribution in [3.63, 3.8) is 0 Å². The topological polar surface area (TPSA) is 66.8 Å². The number of halogens is 2. The molecule has 1 unspecified atom stereocenters. The van der Waals surface area contributed by atoms with E-state index in [0.717, 1.165) is 17.0 Å². The molecule has 0 aromatic heterocycles. The van der Waals surface area contributed by atoms with Crippen molar-refractivity contribution in [2.75, 3.05) is 14.2 Å². The maximum absolute atomic E-state index is 13.7. The van der Waals surface area contributed by atoms with Gasteiger partial charge >= 0.3 is 0 Å². The number of rotatable bonds is 3. The van der Waals surface area contributed by atoms with E-state index in [1.807, 2.05) is 0 Å². The number of aliphatic hydroxyl groups is 1. The third-order valence-corrected chi connectivity index (χ3v) is 4.28. The van der Waals surface area contributed by atoms with Gasteiger partial charge in [-0.25, -0.2) is 8.78 Å². The molecule has 1 aliphatic heterocycles. The van der Waals surface area contributed by atoms with E-state index in [-0.39, 0.29) is 16.9 Å². The van der Waals surface area contributed by atoms with Gasteiger partial charge in [0.15, 0.2) is 0 Å². The van der Waals surface area contributed by atoms with Crippen molar-refractivity contribution in [2.24, 2.45) is 0 Å². The Labute approximate surface area is 148 Å². The molecule has 1 fully saturated rings. The zero-order chi connectivity index (χ0) is 19.0. The summed E-state index contributed by atoms with van der Waals surface area (Å²) in [5.41, 5.74) is 0.170. The van der Waals surface area contributed by atoms with Crippen LogP contribution in [0, 0.1) is 11.6 Å². The molecule has 26 heavy (non-hydrogen) atoms. The van der Waals surface area contributed by atoms with Crippen molar-refractivity contribution in [1.82, 2.24) is 4.90 Å². The van der Waals surface area contributed by atoms with Crippen molar-refractivity contribution in [1.29, 1.82) is 0 Å². The molecule has 1 aliphatic rings. The first kappa shape index (κ1) is 17.6.